The van der Waals surface area contributed by atoms with Gasteiger partial charge in [0.15, 0.2) is 5.79 Å². The van der Waals surface area contributed by atoms with Gasteiger partial charge >= 0.3 is 0 Å². The van der Waals surface area contributed by atoms with E-state index in [2.05, 4.69) is 74.5 Å². The standard InChI is InChI=1S/C40H60O2/c1-3-5-7-9-11-13-15-23-32-41-40(42-33-24-16-14-12-10-8-6-4-2)38(34-26-19-17-20-27-34)36-30-25-31-37(36)39(38,40)35-28-21-18-22-29-35/h17-22,26-29,36-37H,3-16,23-25,30-33H2,1-2H3/t36-,37+,38+,39-. The Morgan fingerprint density at radius 3 is 1.24 bits per heavy atom. The van der Waals surface area contributed by atoms with Crippen LogP contribution in [-0.4, -0.2) is 19.0 Å². The fraction of sp³-hybridized carbons (Fsp3) is 0.700. The second kappa shape index (κ2) is 15.4. The van der Waals surface area contributed by atoms with Crippen LogP contribution >= 0.6 is 0 Å². The van der Waals surface area contributed by atoms with Crippen LogP contribution in [-0.2, 0) is 20.3 Å². The summed E-state index contributed by atoms with van der Waals surface area (Å²) in [6, 6.07) is 22.8. The highest BCUT2D eigenvalue weighted by molar-refractivity contribution is 5.66. The van der Waals surface area contributed by atoms with E-state index >= 15 is 0 Å². The highest BCUT2D eigenvalue weighted by Gasteiger charge is 3.02. The maximum Gasteiger partial charge on any atom is 0.190 e. The maximum atomic E-state index is 7.27. The molecule has 232 valence electrons. The van der Waals surface area contributed by atoms with Crippen molar-refractivity contribution in [1.29, 1.82) is 0 Å². The molecule has 3 fully saturated rings. The molecular formula is C40H60O2. The Kier molecular flexibility index (Phi) is 11.6. The summed E-state index contributed by atoms with van der Waals surface area (Å²) < 4.78 is 14.5. The van der Waals surface area contributed by atoms with Gasteiger partial charge in [-0.05, 0) is 48.6 Å². The van der Waals surface area contributed by atoms with E-state index < -0.39 is 5.79 Å². The first-order valence-corrected chi connectivity index (χ1v) is 18.2. The SMILES string of the molecule is CCCCCCCCCCOC1(OCCCCCCCCCC)[C@]2(c3ccccc3)[C@H]3CCC[C@H]3[C@]12c1ccccc1. The van der Waals surface area contributed by atoms with Crippen molar-refractivity contribution in [2.24, 2.45) is 11.8 Å². The zero-order chi connectivity index (χ0) is 29.1. The Labute approximate surface area is 258 Å². The third-order valence-corrected chi connectivity index (χ3v) is 11.3. The average molecular weight is 573 g/mol. The molecule has 0 heterocycles. The predicted octanol–water partition coefficient (Wildman–Crippen LogP) is 11.3. The zero-order valence-corrected chi connectivity index (χ0v) is 27.1. The summed E-state index contributed by atoms with van der Waals surface area (Å²) in [5, 5.41) is 0. The summed E-state index contributed by atoms with van der Waals surface area (Å²) in [6.45, 7) is 6.23. The van der Waals surface area contributed by atoms with Gasteiger partial charge in [-0.3, -0.25) is 0 Å². The van der Waals surface area contributed by atoms with E-state index in [1.165, 1.54) is 120 Å². The van der Waals surface area contributed by atoms with Crippen LogP contribution in [0, 0.1) is 11.8 Å². The number of benzene rings is 2. The summed E-state index contributed by atoms with van der Waals surface area (Å²) in [7, 11) is 0. The van der Waals surface area contributed by atoms with Crippen LogP contribution in [0.3, 0.4) is 0 Å². The van der Waals surface area contributed by atoms with Gasteiger partial charge in [0.25, 0.3) is 0 Å². The zero-order valence-electron chi connectivity index (χ0n) is 27.1. The monoisotopic (exact) mass is 572 g/mol. The third kappa shape index (κ3) is 5.65. The quantitative estimate of drug-likeness (QED) is 0.103. The minimum absolute atomic E-state index is 0.0654. The van der Waals surface area contributed by atoms with Gasteiger partial charge in [0.2, 0.25) is 0 Å². The Hall–Kier alpha value is -1.64. The molecule has 0 spiro atoms. The molecule has 0 aromatic heterocycles. The van der Waals surface area contributed by atoms with E-state index in [1.807, 2.05) is 0 Å². The van der Waals surface area contributed by atoms with Gasteiger partial charge in [-0.25, -0.2) is 0 Å². The summed E-state index contributed by atoms with van der Waals surface area (Å²) in [5.41, 5.74) is 2.77. The smallest absolute Gasteiger partial charge is 0.190 e. The number of unbranched alkanes of at least 4 members (excludes halogenated alkanes) is 14. The minimum Gasteiger partial charge on any atom is -0.348 e. The molecule has 3 saturated carbocycles. The van der Waals surface area contributed by atoms with Crippen LogP contribution in [0.4, 0.5) is 0 Å². The lowest BCUT2D eigenvalue weighted by Crippen LogP contribution is -2.49. The molecule has 3 aliphatic carbocycles. The topological polar surface area (TPSA) is 18.5 Å². The van der Waals surface area contributed by atoms with Crippen molar-refractivity contribution in [2.75, 3.05) is 13.2 Å². The Morgan fingerprint density at radius 2 is 0.857 bits per heavy atom. The third-order valence-electron chi connectivity index (χ3n) is 11.3. The summed E-state index contributed by atoms with van der Waals surface area (Å²) >= 11 is 0. The molecular weight excluding hydrogens is 512 g/mol. The predicted molar refractivity (Wildman–Crippen MR) is 177 cm³/mol. The highest BCUT2D eigenvalue weighted by atomic mass is 16.7. The molecule has 2 aromatic carbocycles. The maximum absolute atomic E-state index is 7.27. The normalized spacial score (nSPS) is 26.9. The van der Waals surface area contributed by atoms with Crippen molar-refractivity contribution in [1.82, 2.24) is 0 Å². The Bertz CT molecular complexity index is 951. The number of ether oxygens (including phenoxy) is 2. The van der Waals surface area contributed by atoms with E-state index in [4.69, 9.17) is 9.47 Å². The molecule has 2 nitrogen and oxygen atoms in total. The molecule has 2 aromatic rings. The van der Waals surface area contributed by atoms with Crippen molar-refractivity contribution in [3.8, 4) is 0 Å². The van der Waals surface area contributed by atoms with E-state index in [-0.39, 0.29) is 10.8 Å². The van der Waals surface area contributed by atoms with Crippen LogP contribution < -0.4 is 0 Å². The van der Waals surface area contributed by atoms with Crippen molar-refractivity contribution in [2.45, 2.75) is 152 Å². The lowest BCUT2D eigenvalue weighted by molar-refractivity contribution is -0.189. The van der Waals surface area contributed by atoms with Gasteiger partial charge in [0, 0.05) is 0 Å². The van der Waals surface area contributed by atoms with Crippen LogP contribution in [0.5, 0.6) is 0 Å². The number of fused-ring (bicyclic) bond motifs is 4. The summed E-state index contributed by atoms with van der Waals surface area (Å²) in [5.74, 6) is 0.759. The van der Waals surface area contributed by atoms with E-state index in [0.29, 0.717) is 11.8 Å². The lowest BCUT2D eigenvalue weighted by atomic mass is 9.54. The van der Waals surface area contributed by atoms with Crippen molar-refractivity contribution >= 4 is 0 Å². The Morgan fingerprint density at radius 1 is 0.500 bits per heavy atom. The van der Waals surface area contributed by atoms with Gasteiger partial charge in [0.05, 0.1) is 24.0 Å². The fourth-order valence-electron chi connectivity index (χ4n) is 9.59. The highest BCUT2D eigenvalue weighted by Crippen LogP contribution is 2.92. The molecule has 0 amide bonds. The molecule has 5 rings (SSSR count). The van der Waals surface area contributed by atoms with E-state index in [1.54, 1.807) is 0 Å². The Balaban J connectivity index is 1.33. The van der Waals surface area contributed by atoms with Gasteiger partial charge in [-0.1, -0.05) is 171 Å². The summed E-state index contributed by atoms with van der Waals surface area (Å²) in [4.78, 5) is 0. The van der Waals surface area contributed by atoms with Gasteiger partial charge in [-0.2, -0.15) is 0 Å². The second-order valence-corrected chi connectivity index (χ2v) is 13.8. The van der Waals surface area contributed by atoms with Gasteiger partial charge < -0.3 is 9.47 Å². The molecule has 0 saturated heterocycles. The van der Waals surface area contributed by atoms with Crippen molar-refractivity contribution < 1.29 is 9.47 Å². The first-order chi connectivity index (χ1) is 20.8. The number of rotatable bonds is 22. The van der Waals surface area contributed by atoms with E-state index in [9.17, 15) is 0 Å². The van der Waals surface area contributed by atoms with Gasteiger partial charge in [0.1, 0.15) is 0 Å². The van der Waals surface area contributed by atoms with Crippen molar-refractivity contribution in [3.05, 3.63) is 71.8 Å². The molecule has 3 aliphatic rings. The molecule has 0 bridgehead atoms. The first kappa shape index (κ1) is 31.8. The van der Waals surface area contributed by atoms with E-state index in [0.717, 1.165) is 26.1 Å². The molecule has 0 aliphatic heterocycles. The van der Waals surface area contributed by atoms with Crippen LogP contribution in [0.1, 0.15) is 147 Å². The number of hydrogen-bond acceptors (Lipinski definition) is 2. The molecule has 0 unspecified atom stereocenters. The van der Waals surface area contributed by atoms with Crippen LogP contribution in [0.15, 0.2) is 60.7 Å². The fourth-order valence-corrected chi connectivity index (χ4v) is 9.59. The molecule has 0 N–H and O–H groups in total. The second-order valence-electron chi connectivity index (χ2n) is 13.8. The van der Waals surface area contributed by atoms with Crippen LogP contribution in [0.2, 0.25) is 0 Å². The summed E-state index contributed by atoms with van der Waals surface area (Å²) in [6.07, 6.45) is 25.1. The molecule has 0 radical (unpaired) electrons. The number of hydrogen-bond donors (Lipinski definition) is 0. The molecule has 2 heteroatoms. The molecule has 42 heavy (non-hydrogen) atoms. The van der Waals surface area contributed by atoms with Crippen molar-refractivity contribution in [3.63, 3.8) is 0 Å². The largest absolute Gasteiger partial charge is 0.348 e. The van der Waals surface area contributed by atoms with Crippen LogP contribution in [0.25, 0.3) is 0 Å². The molecule has 4 atom stereocenters. The lowest BCUT2D eigenvalue weighted by Gasteiger charge is -2.46. The first-order valence-electron chi connectivity index (χ1n) is 18.2. The van der Waals surface area contributed by atoms with Gasteiger partial charge in [-0.15, -0.1) is 0 Å². The minimum atomic E-state index is -0.541. The average Bonchev–Trinajstić information content (AvgIpc) is 3.21.